The summed E-state index contributed by atoms with van der Waals surface area (Å²) in [4.78, 5) is 23.2. The summed E-state index contributed by atoms with van der Waals surface area (Å²) in [6.07, 6.45) is 1.40. The first-order chi connectivity index (χ1) is 13.2. The largest absolute Gasteiger partial charge is 0.465 e. The maximum Gasteiger partial charge on any atom is 0.339 e. The Labute approximate surface area is 155 Å². The summed E-state index contributed by atoms with van der Waals surface area (Å²) in [6, 6.07) is 18.9. The minimum absolute atomic E-state index is 0.395. The van der Waals surface area contributed by atoms with Crippen LogP contribution in [0.1, 0.15) is 16.1 Å². The standard InChI is InChI=1S/C20H17N3O4/c1-26-19(24)15-9-7-14(8-10-15)18-12-11-17(27-18)13-21-23-20(25)22-16-5-3-2-4-6-16/h2-13H,1H3,(H2,22,23,25)/b21-13-. The third-order valence-electron chi connectivity index (χ3n) is 3.61. The number of carbonyl (C=O) groups excluding carboxylic acids is 2. The van der Waals surface area contributed by atoms with Gasteiger partial charge < -0.3 is 14.5 Å². The Kier molecular flexibility index (Phi) is 5.64. The molecule has 2 aromatic carbocycles. The van der Waals surface area contributed by atoms with Crippen molar-refractivity contribution in [2.24, 2.45) is 5.10 Å². The van der Waals surface area contributed by atoms with Crippen molar-refractivity contribution in [1.29, 1.82) is 0 Å². The second-order valence-corrected chi connectivity index (χ2v) is 5.46. The second kappa shape index (κ2) is 8.48. The number of para-hydroxylation sites is 1. The van der Waals surface area contributed by atoms with E-state index in [1.807, 2.05) is 18.2 Å². The number of hydrogen-bond acceptors (Lipinski definition) is 5. The molecule has 0 atom stereocenters. The highest BCUT2D eigenvalue weighted by Crippen LogP contribution is 2.22. The summed E-state index contributed by atoms with van der Waals surface area (Å²) in [5.74, 6) is 0.692. The smallest absolute Gasteiger partial charge is 0.339 e. The third-order valence-corrected chi connectivity index (χ3v) is 3.61. The van der Waals surface area contributed by atoms with Crippen molar-refractivity contribution < 1.29 is 18.7 Å². The van der Waals surface area contributed by atoms with Gasteiger partial charge in [-0.15, -0.1) is 0 Å². The Bertz CT molecular complexity index is 947. The summed E-state index contributed by atoms with van der Waals surface area (Å²) in [7, 11) is 1.34. The molecular weight excluding hydrogens is 346 g/mol. The van der Waals surface area contributed by atoms with Crippen molar-refractivity contribution in [3.63, 3.8) is 0 Å². The van der Waals surface area contributed by atoms with E-state index in [4.69, 9.17) is 4.42 Å². The maximum absolute atomic E-state index is 11.7. The van der Waals surface area contributed by atoms with Gasteiger partial charge >= 0.3 is 12.0 Å². The Morgan fingerprint density at radius 1 is 1.00 bits per heavy atom. The number of ether oxygens (including phenoxy) is 1. The predicted molar refractivity (Wildman–Crippen MR) is 102 cm³/mol. The van der Waals surface area contributed by atoms with Crippen molar-refractivity contribution >= 4 is 23.9 Å². The molecule has 0 fully saturated rings. The number of benzene rings is 2. The monoisotopic (exact) mass is 363 g/mol. The topological polar surface area (TPSA) is 92.9 Å². The van der Waals surface area contributed by atoms with Crippen LogP contribution in [-0.2, 0) is 4.74 Å². The zero-order valence-electron chi connectivity index (χ0n) is 14.5. The second-order valence-electron chi connectivity index (χ2n) is 5.46. The molecule has 0 saturated heterocycles. The molecule has 0 saturated carbocycles. The quantitative estimate of drug-likeness (QED) is 0.409. The molecule has 0 unspecified atom stereocenters. The molecule has 3 aromatic rings. The third kappa shape index (κ3) is 4.82. The number of hydrazone groups is 1. The Hall–Kier alpha value is -3.87. The highest BCUT2D eigenvalue weighted by Gasteiger charge is 2.07. The van der Waals surface area contributed by atoms with Crippen molar-refractivity contribution in [2.45, 2.75) is 0 Å². The summed E-state index contributed by atoms with van der Waals surface area (Å²) in [5, 5.41) is 6.50. The van der Waals surface area contributed by atoms with Crippen molar-refractivity contribution in [3.05, 3.63) is 78.1 Å². The van der Waals surface area contributed by atoms with Gasteiger partial charge in [0, 0.05) is 11.3 Å². The van der Waals surface area contributed by atoms with Gasteiger partial charge in [-0.3, -0.25) is 0 Å². The van der Waals surface area contributed by atoms with Gasteiger partial charge in [0.1, 0.15) is 11.5 Å². The molecular formula is C20H17N3O4. The van der Waals surface area contributed by atoms with Crippen LogP contribution in [0.15, 0.2) is 76.2 Å². The number of urea groups is 1. The van der Waals surface area contributed by atoms with Crippen LogP contribution in [0.3, 0.4) is 0 Å². The number of anilines is 1. The normalized spacial score (nSPS) is 10.6. The number of nitrogens with zero attached hydrogens (tertiary/aromatic N) is 1. The number of methoxy groups -OCH3 is 1. The minimum Gasteiger partial charge on any atom is -0.465 e. The molecule has 3 rings (SSSR count). The predicted octanol–water partition coefficient (Wildman–Crippen LogP) is 3.89. The zero-order valence-corrected chi connectivity index (χ0v) is 14.5. The van der Waals surface area contributed by atoms with Crippen LogP contribution >= 0.6 is 0 Å². The van der Waals surface area contributed by atoms with E-state index in [2.05, 4.69) is 20.6 Å². The molecule has 1 heterocycles. The lowest BCUT2D eigenvalue weighted by Crippen LogP contribution is -2.24. The number of hydrogen-bond donors (Lipinski definition) is 2. The van der Waals surface area contributed by atoms with Gasteiger partial charge in [0.25, 0.3) is 0 Å². The van der Waals surface area contributed by atoms with E-state index in [9.17, 15) is 9.59 Å². The molecule has 1 aromatic heterocycles. The summed E-state index contributed by atoms with van der Waals surface area (Å²) >= 11 is 0. The molecule has 27 heavy (non-hydrogen) atoms. The number of nitrogens with one attached hydrogen (secondary N) is 2. The van der Waals surface area contributed by atoms with E-state index >= 15 is 0 Å². The van der Waals surface area contributed by atoms with Gasteiger partial charge in [0.2, 0.25) is 0 Å². The first-order valence-electron chi connectivity index (χ1n) is 8.09. The molecule has 7 nitrogen and oxygen atoms in total. The Morgan fingerprint density at radius 3 is 2.44 bits per heavy atom. The van der Waals surface area contributed by atoms with E-state index in [0.29, 0.717) is 22.8 Å². The van der Waals surface area contributed by atoms with Crippen LogP contribution < -0.4 is 10.7 Å². The Balaban J connectivity index is 1.58. The van der Waals surface area contributed by atoms with Crippen molar-refractivity contribution in [1.82, 2.24) is 5.43 Å². The lowest BCUT2D eigenvalue weighted by atomic mass is 10.1. The van der Waals surface area contributed by atoms with Crippen LogP contribution in [0.2, 0.25) is 0 Å². The van der Waals surface area contributed by atoms with E-state index in [1.54, 1.807) is 48.5 Å². The number of amides is 2. The van der Waals surface area contributed by atoms with E-state index in [1.165, 1.54) is 13.3 Å². The first-order valence-corrected chi connectivity index (χ1v) is 8.09. The number of furan rings is 1. The molecule has 0 radical (unpaired) electrons. The van der Waals surface area contributed by atoms with Gasteiger partial charge in [0.05, 0.1) is 18.9 Å². The number of carbonyl (C=O) groups is 2. The lowest BCUT2D eigenvalue weighted by Gasteiger charge is -2.02. The summed E-state index contributed by atoms with van der Waals surface area (Å²) < 4.78 is 10.3. The molecule has 0 aliphatic rings. The van der Waals surface area contributed by atoms with E-state index in [0.717, 1.165) is 5.56 Å². The molecule has 2 amide bonds. The van der Waals surface area contributed by atoms with Gasteiger partial charge in [-0.1, -0.05) is 30.3 Å². The summed E-state index contributed by atoms with van der Waals surface area (Å²) in [6.45, 7) is 0. The Morgan fingerprint density at radius 2 is 1.74 bits per heavy atom. The molecule has 2 N–H and O–H groups in total. The van der Waals surface area contributed by atoms with E-state index < -0.39 is 12.0 Å². The maximum atomic E-state index is 11.7. The highest BCUT2D eigenvalue weighted by atomic mass is 16.5. The average molecular weight is 363 g/mol. The van der Waals surface area contributed by atoms with Gasteiger partial charge in [0.15, 0.2) is 0 Å². The average Bonchev–Trinajstić information content (AvgIpc) is 3.17. The van der Waals surface area contributed by atoms with Crippen LogP contribution in [0.4, 0.5) is 10.5 Å². The fourth-order valence-corrected chi connectivity index (χ4v) is 2.30. The number of rotatable bonds is 5. The molecule has 7 heteroatoms. The first kappa shape index (κ1) is 17.9. The minimum atomic E-state index is -0.456. The van der Waals surface area contributed by atoms with Gasteiger partial charge in [-0.05, 0) is 36.4 Å². The van der Waals surface area contributed by atoms with Crippen LogP contribution in [-0.4, -0.2) is 25.3 Å². The number of esters is 1. The van der Waals surface area contributed by atoms with Gasteiger partial charge in [-0.2, -0.15) is 5.10 Å². The molecule has 0 spiro atoms. The van der Waals surface area contributed by atoms with Crippen LogP contribution in [0, 0.1) is 0 Å². The highest BCUT2D eigenvalue weighted by molar-refractivity contribution is 5.90. The van der Waals surface area contributed by atoms with Crippen LogP contribution in [0.25, 0.3) is 11.3 Å². The SMILES string of the molecule is COC(=O)c1ccc(-c2ccc(/C=N\NC(=O)Nc3ccccc3)o2)cc1. The lowest BCUT2D eigenvalue weighted by molar-refractivity contribution is 0.0600. The zero-order chi connectivity index (χ0) is 19.1. The molecule has 136 valence electrons. The fourth-order valence-electron chi connectivity index (χ4n) is 2.30. The molecule has 0 aliphatic carbocycles. The molecule has 0 aliphatic heterocycles. The van der Waals surface area contributed by atoms with E-state index in [-0.39, 0.29) is 0 Å². The van der Waals surface area contributed by atoms with Gasteiger partial charge in [-0.25, -0.2) is 15.0 Å². The molecule has 0 bridgehead atoms. The summed E-state index contributed by atoms with van der Waals surface area (Å²) in [5.41, 5.74) is 4.29. The fraction of sp³-hybridized carbons (Fsp3) is 0.0500. The van der Waals surface area contributed by atoms with Crippen LogP contribution in [0.5, 0.6) is 0 Å². The van der Waals surface area contributed by atoms with Crippen molar-refractivity contribution in [3.8, 4) is 11.3 Å². The van der Waals surface area contributed by atoms with Crippen molar-refractivity contribution in [2.75, 3.05) is 12.4 Å².